The van der Waals surface area contributed by atoms with E-state index in [1.807, 2.05) is 14.0 Å². The summed E-state index contributed by atoms with van der Waals surface area (Å²) >= 11 is 0. The minimum absolute atomic E-state index is 0.00270. The van der Waals surface area contributed by atoms with E-state index in [0.717, 1.165) is 57.4 Å². The molecule has 2 heterocycles. The molecule has 1 saturated heterocycles. The van der Waals surface area contributed by atoms with E-state index in [4.69, 9.17) is 14.6 Å². The Morgan fingerprint density at radius 3 is 2.84 bits per heavy atom. The fourth-order valence-electron chi connectivity index (χ4n) is 4.72. The van der Waals surface area contributed by atoms with Crippen LogP contribution in [0.15, 0.2) is 6.07 Å². The van der Waals surface area contributed by atoms with Gasteiger partial charge in [-0.05, 0) is 52.0 Å². The van der Waals surface area contributed by atoms with Gasteiger partial charge in [-0.1, -0.05) is 0 Å². The summed E-state index contributed by atoms with van der Waals surface area (Å²) in [5, 5.41) is 13.6. The van der Waals surface area contributed by atoms with Gasteiger partial charge in [0.1, 0.15) is 0 Å². The number of hydrogen-bond donors (Lipinski definition) is 1. The molecule has 0 spiro atoms. The van der Waals surface area contributed by atoms with Crippen molar-refractivity contribution in [3.63, 3.8) is 0 Å². The maximum Gasteiger partial charge on any atom is 0.0847 e. The molecule has 3 atom stereocenters. The van der Waals surface area contributed by atoms with Crippen LogP contribution in [0.3, 0.4) is 0 Å². The molecule has 6 heteroatoms. The van der Waals surface area contributed by atoms with Crippen molar-refractivity contribution in [3.8, 4) is 0 Å². The lowest BCUT2D eigenvalue weighted by Gasteiger charge is -2.43. The van der Waals surface area contributed by atoms with Crippen LogP contribution in [0.1, 0.15) is 43.5 Å². The molecule has 142 valence electrons. The van der Waals surface area contributed by atoms with Crippen molar-refractivity contribution in [2.45, 2.75) is 70.2 Å². The van der Waals surface area contributed by atoms with E-state index in [9.17, 15) is 0 Å². The molecule has 0 unspecified atom stereocenters. The van der Waals surface area contributed by atoms with Crippen LogP contribution < -0.4 is 0 Å². The number of aliphatic hydroxyl groups excluding tert-OH is 1. The molecule has 0 radical (unpaired) electrons. The molecule has 2 aliphatic rings. The first-order chi connectivity index (χ1) is 12.1. The molecule has 0 bridgehead atoms. The Morgan fingerprint density at radius 1 is 1.32 bits per heavy atom. The summed E-state index contributed by atoms with van der Waals surface area (Å²) in [7, 11) is 1.86. The van der Waals surface area contributed by atoms with Gasteiger partial charge in [-0.3, -0.25) is 9.58 Å². The van der Waals surface area contributed by atoms with Gasteiger partial charge in [0.2, 0.25) is 0 Å². The van der Waals surface area contributed by atoms with Crippen LogP contribution in [0.2, 0.25) is 0 Å². The molecular formula is C19H33N3O3. The predicted octanol–water partition coefficient (Wildman–Crippen LogP) is 1.91. The van der Waals surface area contributed by atoms with E-state index in [2.05, 4.69) is 27.7 Å². The van der Waals surface area contributed by atoms with E-state index in [1.54, 1.807) is 0 Å². The van der Waals surface area contributed by atoms with E-state index in [-0.39, 0.29) is 18.3 Å². The molecule has 1 aliphatic heterocycles. The maximum atomic E-state index is 9.01. The van der Waals surface area contributed by atoms with Crippen LogP contribution in [0.4, 0.5) is 0 Å². The second kappa shape index (κ2) is 8.16. The summed E-state index contributed by atoms with van der Waals surface area (Å²) in [4.78, 5) is 2.59. The third-order valence-corrected chi connectivity index (χ3v) is 6.02. The first kappa shape index (κ1) is 18.8. The monoisotopic (exact) mass is 351 g/mol. The number of nitrogens with zero attached hydrogens (tertiary/aromatic N) is 3. The number of hydrogen-bond acceptors (Lipinski definition) is 5. The quantitative estimate of drug-likeness (QED) is 0.775. The molecule has 1 N–H and O–H groups in total. The first-order valence-corrected chi connectivity index (χ1v) is 9.60. The zero-order valence-corrected chi connectivity index (χ0v) is 15.9. The third-order valence-electron chi connectivity index (χ3n) is 6.02. The van der Waals surface area contributed by atoms with Gasteiger partial charge in [-0.15, -0.1) is 0 Å². The van der Waals surface area contributed by atoms with Crippen LogP contribution in [-0.4, -0.2) is 70.9 Å². The van der Waals surface area contributed by atoms with Crippen LogP contribution in [0, 0.1) is 13.8 Å². The van der Waals surface area contributed by atoms with Gasteiger partial charge in [-0.2, -0.15) is 5.10 Å². The highest BCUT2D eigenvalue weighted by Crippen LogP contribution is 2.43. The van der Waals surface area contributed by atoms with Gasteiger partial charge in [-0.25, -0.2) is 0 Å². The first-order valence-electron chi connectivity index (χ1n) is 9.60. The number of aliphatic hydroxyl groups is 1. The van der Waals surface area contributed by atoms with Crippen LogP contribution in [-0.2, 0) is 16.0 Å². The van der Waals surface area contributed by atoms with Gasteiger partial charge in [0.25, 0.3) is 0 Å². The second-order valence-corrected chi connectivity index (χ2v) is 7.57. The zero-order valence-electron chi connectivity index (χ0n) is 15.9. The SMILES string of the molecule is CO[C@@]12CC[C@H](OCCO)C[C@@H]1N(CCCn1nc(C)cc1C)CC2. The number of aromatic nitrogens is 2. The van der Waals surface area contributed by atoms with Crippen molar-refractivity contribution in [3.05, 3.63) is 17.5 Å². The Hall–Kier alpha value is -0.950. The summed E-state index contributed by atoms with van der Waals surface area (Å²) in [5.74, 6) is 0. The number of ether oxygens (including phenoxy) is 2. The highest BCUT2D eigenvalue weighted by atomic mass is 16.5. The van der Waals surface area contributed by atoms with Crippen LogP contribution >= 0.6 is 0 Å². The van der Waals surface area contributed by atoms with Crippen molar-refractivity contribution in [1.82, 2.24) is 14.7 Å². The van der Waals surface area contributed by atoms with Gasteiger partial charge in [0, 0.05) is 38.5 Å². The highest BCUT2D eigenvalue weighted by molar-refractivity contribution is 5.07. The molecule has 6 nitrogen and oxygen atoms in total. The fourth-order valence-corrected chi connectivity index (χ4v) is 4.72. The highest BCUT2D eigenvalue weighted by Gasteiger charge is 2.50. The fraction of sp³-hybridized carbons (Fsp3) is 0.842. The smallest absolute Gasteiger partial charge is 0.0847 e. The standard InChI is InChI=1S/C19H33N3O3/c1-15-13-16(2)22(20-15)9-4-8-21-10-7-19(24-3)6-5-17(14-18(19)21)25-12-11-23/h13,17-18,23H,4-12,14H2,1-3H3/t17-,18-,19+/m0/s1. The third kappa shape index (κ3) is 4.08. The summed E-state index contributed by atoms with van der Waals surface area (Å²) in [5.41, 5.74) is 2.32. The Kier molecular flexibility index (Phi) is 6.15. The normalized spacial score (nSPS) is 29.9. The van der Waals surface area contributed by atoms with Crippen LogP contribution in [0.25, 0.3) is 0 Å². The van der Waals surface area contributed by atoms with Gasteiger partial charge in [0.15, 0.2) is 0 Å². The summed E-state index contributed by atoms with van der Waals surface area (Å²) in [6.07, 6.45) is 5.55. The van der Waals surface area contributed by atoms with Crippen molar-refractivity contribution >= 4 is 0 Å². The maximum absolute atomic E-state index is 9.01. The lowest BCUT2D eigenvalue weighted by atomic mass is 9.79. The van der Waals surface area contributed by atoms with Crippen molar-refractivity contribution in [2.75, 3.05) is 33.4 Å². The Labute approximate surface area is 151 Å². The molecule has 2 fully saturated rings. The minimum atomic E-state index is -0.00270. The molecular weight excluding hydrogens is 318 g/mol. The number of aryl methyl sites for hydroxylation is 3. The molecule has 1 aromatic rings. The van der Waals surface area contributed by atoms with E-state index in [1.165, 1.54) is 5.69 Å². The lowest BCUT2D eigenvalue weighted by Crippen LogP contribution is -2.52. The molecule has 1 saturated carbocycles. The minimum Gasteiger partial charge on any atom is -0.394 e. The zero-order chi connectivity index (χ0) is 17.9. The van der Waals surface area contributed by atoms with E-state index in [0.29, 0.717) is 12.6 Å². The van der Waals surface area contributed by atoms with Gasteiger partial charge in [0.05, 0.1) is 30.6 Å². The van der Waals surface area contributed by atoms with Crippen molar-refractivity contribution in [2.24, 2.45) is 0 Å². The van der Waals surface area contributed by atoms with E-state index >= 15 is 0 Å². The molecule has 0 aromatic carbocycles. The Balaban J connectivity index is 1.56. The number of methoxy groups -OCH3 is 1. The molecule has 1 aliphatic carbocycles. The molecule has 0 amide bonds. The van der Waals surface area contributed by atoms with Crippen molar-refractivity contribution in [1.29, 1.82) is 0 Å². The number of likely N-dealkylation sites (tertiary alicyclic amines) is 1. The topological polar surface area (TPSA) is 59.8 Å². The summed E-state index contributed by atoms with van der Waals surface area (Å²) in [6.45, 7) is 7.84. The lowest BCUT2D eigenvalue weighted by molar-refractivity contribution is -0.103. The van der Waals surface area contributed by atoms with Gasteiger partial charge >= 0.3 is 0 Å². The van der Waals surface area contributed by atoms with E-state index < -0.39 is 0 Å². The Morgan fingerprint density at radius 2 is 2.16 bits per heavy atom. The molecule has 1 aromatic heterocycles. The van der Waals surface area contributed by atoms with Crippen molar-refractivity contribution < 1.29 is 14.6 Å². The molecule has 25 heavy (non-hydrogen) atoms. The second-order valence-electron chi connectivity index (χ2n) is 7.57. The number of rotatable bonds is 8. The average molecular weight is 351 g/mol. The molecule has 3 rings (SSSR count). The summed E-state index contributed by atoms with van der Waals surface area (Å²) in [6, 6.07) is 2.56. The Bertz CT molecular complexity index is 562. The predicted molar refractivity (Wildman–Crippen MR) is 96.7 cm³/mol. The van der Waals surface area contributed by atoms with Gasteiger partial charge < -0.3 is 14.6 Å². The van der Waals surface area contributed by atoms with Crippen LogP contribution in [0.5, 0.6) is 0 Å². The largest absolute Gasteiger partial charge is 0.394 e. The summed E-state index contributed by atoms with van der Waals surface area (Å²) < 4.78 is 13.9. The average Bonchev–Trinajstić information content (AvgIpc) is 3.13. The number of fused-ring (bicyclic) bond motifs is 1.